The van der Waals surface area contributed by atoms with Gasteiger partial charge in [0.1, 0.15) is 5.69 Å². The quantitative estimate of drug-likeness (QED) is 0.648. The van der Waals surface area contributed by atoms with E-state index in [-0.39, 0.29) is 5.91 Å². The molecule has 20 heavy (non-hydrogen) atoms. The summed E-state index contributed by atoms with van der Waals surface area (Å²) in [5.41, 5.74) is 2.78. The van der Waals surface area contributed by atoms with Crippen molar-refractivity contribution in [3.8, 4) is 0 Å². The lowest BCUT2D eigenvalue weighted by atomic mass is 9.89. The molecule has 2 rings (SSSR count). The molecule has 6 heteroatoms. The maximum atomic E-state index is 12.4. The summed E-state index contributed by atoms with van der Waals surface area (Å²) in [6, 6.07) is 0. The first-order chi connectivity index (χ1) is 9.61. The van der Waals surface area contributed by atoms with E-state index in [1.54, 1.807) is 0 Å². The van der Waals surface area contributed by atoms with Gasteiger partial charge in [0, 0.05) is 13.1 Å². The lowest BCUT2D eigenvalue weighted by molar-refractivity contribution is 0.0752. The summed E-state index contributed by atoms with van der Waals surface area (Å²) in [6.07, 6.45) is 6.28. The maximum Gasteiger partial charge on any atom is 0.274 e. The summed E-state index contributed by atoms with van der Waals surface area (Å²) < 4.78 is 0. The van der Waals surface area contributed by atoms with Crippen molar-refractivity contribution in [3.05, 3.63) is 18.1 Å². The lowest BCUT2D eigenvalue weighted by Crippen LogP contribution is -2.32. The second-order valence-electron chi connectivity index (χ2n) is 5.66. The number of hydrogen-bond donors (Lipinski definition) is 2. The van der Waals surface area contributed by atoms with Crippen LogP contribution in [0.3, 0.4) is 0 Å². The summed E-state index contributed by atoms with van der Waals surface area (Å²) in [6.45, 7) is 6.12. The van der Waals surface area contributed by atoms with Gasteiger partial charge in [-0.3, -0.25) is 4.79 Å². The highest BCUT2D eigenvalue weighted by molar-refractivity contribution is 5.92. The normalized spacial score (nSPS) is 19.8. The van der Waals surface area contributed by atoms with E-state index in [1.165, 1.54) is 18.8 Å². The molecule has 1 fully saturated rings. The summed E-state index contributed by atoms with van der Waals surface area (Å²) in [7, 11) is 0. The van der Waals surface area contributed by atoms with Crippen LogP contribution in [0, 0.1) is 11.8 Å². The van der Waals surface area contributed by atoms with Crippen LogP contribution in [0.1, 0.15) is 43.6 Å². The predicted octanol–water partition coefficient (Wildman–Crippen LogP) is 1.66. The summed E-state index contributed by atoms with van der Waals surface area (Å²) >= 11 is 0. The van der Waals surface area contributed by atoms with Crippen molar-refractivity contribution in [1.82, 2.24) is 14.9 Å². The minimum absolute atomic E-state index is 0.0366. The van der Waals surface area contributed by atoms with E-state index in [0.29, 0.717) is 23.3 Å². The van der Waals surface area contributed by atoms with Crippen LogP contribution < -0.4 is 11.3 Å². The third kappa shape index (κ3) is 3.45. The van der Waals surface area contributed by atoms with Crippen molar-refractivity contribution >= 4 is 11.7 Å². The number of rotatable bonds is 3. The monoisotopic (exact) mass is 277 g/mol. The minimum Gasteiger partial charge on any atom is -0.337 e. The van der Waals surface area contributed by atoms with E-state index in [2.05, 4.69) is 29.2 Å². The number of nitrogens with one attached hydrogen (secondary N) is 1. The van der Waals surface area contributed by atoms with E-state index in [1.807, 2.05) is 4.90 Å². The molecule has 0 radical (unpaired) electrons. The Kier molecular flexibility index (Phi) is 4.89. The molecule has 6 nitrogen and oxygen atoms in total. The molecule has 2 heterocycles. The van der Waals surface area contributed by atoms with Crippen LogP contribution in [0.25, 0.3) is 0 Å². The molecule has 3 N–H and O–H groups in total. The smallest absolute Gasteiger partial charge is 0.274 e. The molecule has 1 aromatic rings. The molecular weight excluding hydrogens is 254 g/mol. The molecule has 1 atom stereocenters. The fourth-order valence-corrected chi connectivity index (χ4v) is 2.67. The molecule has 110 valence electrons. The second kappa shape index (κ2) is 6.65. The molecule has 0 saturated carbocycles. The number of hydrogen-bond acceptors (Lipinski definition) is 5. The van der Waals surface area contributed by atoms with Crippen molar-refractivity contribution in [3.63, 3.8) is 0 Å². The zero-order valence-corrected chi connectivity index (χ0v) is 12.2. The van der Waals surface area contributed by atoms with Crippen molar-refractivity contribution in [2.45, 2.75) is 33.1 Å². The fraction of sp³-hybridized carbons (Fsp3) is 0.643. The van der Waals surface area contributed by atoms with Crippen LogP contribution in [0.2, 0.25) is 0 Å². The van der Waals surface area contributed by atoms with Gasteiger partial charge in [0.25, 0.3) is 5.91 Å². The first-order valence-electron chi connectivity index (χ1n) is 7.19. The molecule has 1 unspecified atom stereocenters. The lowest BCUT2D eigenvalue weighted by Gasteiger charge is -2.21. The van der Waals surface area contributed by atoms with E-state index >= 15 is 0 Å². The molecule has 0 aliphatic carbocycles. The van der Waals surface area contributed by atoms with Crippen LogP contribution in [0.5, 0.6) is 0 Å². The SMILES string of the molecule is CC(C)C1CCCN(C(=O)c2cnc(NN)cn2)CC1. The van der Waals surface area contributed by atoms with E-state index in [4.69, 9.17) is 5.84 Å². The molecule has 1 aromatic heterocycles. The van der Waals surface area contributed by atoms with Gasteiger partial charge in [-0.05, 0) is 31.1 Å². The Hall–Kier alpha value is -1.69. The Labute approximate surface area is 119 Å². The fourth-order valence-electron chi connectivity index (χ4n) is 2.67. The van der Waals surface area contributed by atoms with E-state index in [0.717, 1.165) is 25.9 Å². The number of nitrogen functional groups attached to an aromatic ring is 1. The van der Waals surface area contributed by atoms with Gasteiger partial charge >= 0.3 is 0 Å². The highest BCUT2D eigenvalue weighted by atomic mass is 16.2. The third-order valence-electron chi connectivity index (χ3n) is 4.02. The molecule has 0 bridgehead atoms. The summed E-state index contributed by atoms with van der Waals surface area (Å²) in [5, 5.41) is 0. The van der Waals surface area contributed by atoms with Crippen molar-refractivity contribution in [2.75, 3.05) is 18.5 Å². The van der Waals surface area contributed by atoms with E-state index < -0.39 is 0 Å². The standard InChI is InChI=1S/C14H23N5O/c1-10(2)11-4-3-6-19(7-5-11)14(20)12-8-17-13(18-15)9-16-12/h8-11H,3-7,15H2,1-2H3,(H,17,18). The van der Waals surface area contributed by atoms with Crippen molar-refractivity contribution in [1.29, 1.82) is 0 Å². The summed E-state index contributed by atoms with van der Waals surface area (Å²) in [4.78, 5) is 22.4. The Bertz CT molecular complexity index is 445. The van der Waals surface area contributed by atoms with Gasteiger partial charge in [0.2, 0.25) is 0 Å². The number of nitrogens with two attached hydrogens (primary N) is 1. The van der Waals surface area contributed by atoms with Crippen LogP contribution in [-0.4, -0.2) is 33.9 Å². The number of anilines is 1. The van der Waals surface area contributed by atoms with Crippen molar-refractivity contribution < 1.29 is 4.79 Å². The zero-order valence-electron chi connectivity index (χ0n) is 12.2. The van der Waals surface area contributed by atoms with Gasteiger partial charge in [-0.15, -0.1) is 0 Å². The van der Waals surface area contributed by atoms with Gasteiger partial charge in [0.05, 0.1) is 12.4 Å². The highest BCUT2D eigenvalue weighted by Crippen LogP contribution is 2.25. The largest absolute Gasteiger partial charge is 0.337 e. The molecular formula is C14H23N5O. The predicted molar refractivity (Wildman–Crippen MR) is 77.9 cm³/mol. The van der Waals surface area contributed by atoms with Gasteiger partial charge in [-0.1, -0.05) is 13.8 Å². The molecule has 0 aromatic carbocycles. The average molecular weight is 277 g/mol. The number of hydrazine groups is 1. The van der Waals surface area contributed by atoms with Gasteiger partial charge in [0.15, 0.2) is 5.82 Å². The number of nitrogens with zero attached hydrogens (tertiary/aromatic N) is 3. The number of aromatic nitrogens is 2. The molecule has 1 aliphatic heterocycles. The number of amides is 1. The Balaban J connectivity index is 2.01. The molecule has 1 amide bonds. The second-order valence-corrected chi connectivity index (χ2v) is 5.66. The minimum atomic E-state index is -0.0366. The van der Waals surface area contributed by atoms with Crippen LogP contribution in [0.4, 0.5) is 5.82 Å². The summed E-state index contributed by atoms with van der Waals surface area (Å²) in [5.74, 6) is 7.05. The Morgan fingerprint density at radius 1 is 1.35 bits per heavy atom. The molecule has 1 saturated heterocycles. The number of carbonyl (C=O) groups excluding carboxylic acids is 1. The van der Waals surface area contributed by atoms with Gasteiger partial charge in [-0.25, -0.2) is 15.8 Å². The number of carbonyl (C=O) groups is 1. The average Bonchev–Trinajstić information content (AvgIpc) is 2.72. The van der Waals surface area contributed by atoms with Crippen LogP contribution in [-0.2, 0) is 0 Å². The van der Waals surface area contributed by atoms with Crippen LogP contribution >= 0.6 is 0 Å². The van der Waals surface area contributed by atoms with Gasteiger partial charge in [-0.2, -0.15) is 0 Å². The maximum absolute atomic E-state index is 12.4. The molecule has 0 spiro atoms. The zero-order chi connectivity index (χ0) is 14.5. The van der Waals surface area contributed by atoms with Crippen molar-refractivity contribution in [2.24, 2.45) is 17.7 Å². The topological polar surface area (TPSA) is 84.1 Å². The Morgan fingerprint density at radius 3 is 2.75 bits per heavy atom. The first-order valence-corrected chi connectivity index (χ1v) is 7.19. The Morgan fingerprint density at radius 2 is 2.15 bits per heavy atom. The molecule has 1 aliphatic rings. The van der Waals surface area contributed by atoms with Crippen LogP contribution in [0.15, 0.2) is 12.4 Å². The number of likely N-dealkylation sites (tertiary alicyclic amines) is 1. The van der Waals surface area contributed by atoms with E-state index in [9.17, 15) is 4.79 Å². The van der Waals surface area contributed by atoms with Gasteiger partial charge < -0.3 is 10.3 Å². The third-order valence-corrected chi connectivity index (χ3v) is 4.02. The highest BCUT2D eigenvalue weighted by Gasteiger charge is 2.23. The first kappa shape index (κ1) is 14.7.